The monoisotopic (exact) mass is 241 g/mol. The number of pyridine rings is 1. The number of aromatic nitrogens is 1. The molecule has 1 aromatic heterocycles. The Labute approximate surface area is 103 Å². The summed E-state index contributed by atoms with van der Waals surface area (Å²) in [7, 11) is 0. The highest BCUT2D eigenvalue weighted by molar-refractivity contribution is 6.17. The first kappa shape index (κ1) is 13.3. The van der Waals surface area contributed by atoms with Crippen molar-refractivity contribution in [1.82, 2.24) is 4.98 Å². The standard InChI is InChI=1S/C13H20ClNO/c1-4-6-10(3)16-13-8-11(9-14)7-12(5-2)15-13/h7-8,10H,4-6,9H2,1-3H3. The zero-order valence-electron chi connectivity index (χ0n) is 10.3. The lowest BCUT2D eigenvalue weighted by Gasteiger charge is -2.14. The van der Waals surface area contributed by atoms with E-state index in [2.05, 4.69) is 25.8 Å². The molecule has 0 N–H and O–H groups in total. The van der Waals surface area contributed by atoms with Gasteiger partial charge in [-0.05, 0) is 31.4 Å². The molecule has 1 unspecified atom stereocenters. The first-order valence-corrected chi connectivity index (χ1v) is 6.45. The summed E-state index contributed by atoms with van der Waals surface area (Å²) in [6, 6.07) is 3.96. The largest absolute Gasteiger partial charge is 0.475 e. The molecule has 1 aromatic rings. The number of ether oxygens (including phenoxy) is 1. The molecule has 0 aromatic carbocycles. The molecule has 1 atom stereocenters. The highest BCUT2D eigenvalue weighted by atomic mass is 35.5. The van der Waals surface area contributed by atoms with E-state index in [0.717, 1.165) is 30.5 Å². The second-order valence-corrected chi connectivity index (χ2v) is 4.28. The number of hydrogen-bond donors (Lipinski definition) is 0. The number of halogens is 1. The minimum atomic E-state index is 0.216. The van der Waals surface area contributed by atoms with Gasteiger partial charge in [0.05, 0.1) is 6.10 Å². The normalized spacial score (nSPS) is 12.5. The highest BCUT2D eigenvalue weighted by Gasteiger charge is 2.06. The van der Waals surface area contributed by atoms with Crippen LogP contribution in [0.1, 0.15) is 44.9 Å². The molecular formula is C13H20ClNO. The van der Waals surface area contributed by atoms with Crippen LogP contribution < -0.4 is 4.74 Å². The third-order valence-electron chi connectivity index (χ3n) is 2.45. The van der Waals surface area contributed by atoms with E-state index in [9.17, 15) is 0 Å². The van der Waals surface area contributed by atoms with Crippen LogP contribution in [0.3, 0.4) is 0 Å². The average Bonchev–Trinajstić information content (AvgIpc) is 2.28. The van der Waals surface area contributed by atoms with Crippen molar-refractivity contribution in [3.63, 3.8) is 0 Å². The highest BCUT2D eigenvalue weighted by Crippen LogP contribution is 2.17. The first-order chi connectivity index (χ1) is 7.69. The van der Waals surface area contributed by atoms with Gasteiger partial charge < -0.3 is 4.74 Å². The fraction of sp³-hybridized carbons (Fsp3) is 0.615. The van der Waals surface area contributed by atoms with E-state index in [-0.39, 0.29) is 6.10 Å². The molecule has 1 rings (SSSR count). The van der Waals surface area contributed by atoms with Gasteiger partial charge in [0.25, 0.3) is 0 Å². The molecule has 0 amide bonds. The van der Waals surface area contributed by atoms with E-state index in [1.807, 2.05) is 12.1 Å². The molecule has 16 heavy (non-hydrogen) atoms. The molecule has 2 nitrogen and oxygen atoms in total. The van der Waals surface area contributed by atoms with Crippen molar-refractivity contribution < 1.29 is 4.74 Å². The second-order valence-electron chi connectivity index (χ2n) is 4.01. The molecule has 1 heterocycles. The van der Waals surface area contributed by atoms with Crippen LogP contribution in [-0.2, 0) is 12.3 Å². The zero-order chi connectivity index (χ0) is 12.0. The Morgan fingerprint density at radius 2 is 2.12 bits per heavy atom. The lowest BCUT2D eigenvalue weighted by molar-refractivity contribution is 0.201. The molecule has 0 saturated heterocycles. The Morgan fingerprint density at radius 3 is 2.69 bits per heavy atom. The molecular weight excluding hydrogens is 222 g/mol. The number of nitrogens with zero attached hydrogens (tertiary/aromatic N) is 1. The van der Waals surface area contributed by atoms with Crippen molar-refractivity contribution in [2.75, 3.05) is 0 Å². The predicted octanol–water partition coefficient (Wildman–Crippen LogP) is 3.95. The summed E-state index contributed by atoms with van der Waals surface area (Å²) in [4.78, 5) is 4.44. The summed E-state index contributed by atoms with van der Waals surface area (Å²) in [5, 5.41) is 0. The summed E-state index contributed by atoms with van der Waals surface area (Å²) in [5.41, 5.74) is 2.11. The van der Waals surface area contributed by atoms with E-state index in [4.69, 9.17) is 16.3 Å². The molecule has 0 radical (unpaired) electrons. The van der Waals surface area contributed by atoms with E-state index in [1.165, 1.54) is 0 Å². The fourth-order valence-corrected chi connectivity index (χ4v) is 1.76. The zero-order valence-corrected chi connectivity index (χ0v) is 11.0. The Hall–Kier alpha value is -0.760. The van der Waals surface area contributed by atoms with Gasteiger partial charge in [0.1, 0.15) is 0 Å². The number of rotatable bonds is 6. The molecule has 0 saturated carbocycles. The van der Waals surface area contributed by atoms with Crippen molar-refractivity contribution in [2.24, 2.45) is 0 Å². The van der Waals surface area contributed by atoms with Crippen molar-refractivity contribution in [1.29, 1.82) is 0 Å². The Morgan fingerprint density at radius 1 is 1.38 bits per heavy atom. The van der Waals surface area contributed by atoms with Crippen molar-refractivity contribution >= 4 is 11.6 Å². The van der Waals surface area contributed by atoms with Crippen LogP contribution in [0.25, 0.3) is 0 Å². The lowest BCUT2D eigenvalue weighted by Crippen LogP contribution is -2.12. The van der Waals surface area contributed by atoms with Gasteiger partial charge in [0.2, 0.25) is 5.88 Å². The maximum atomic E-state index is 5.84. The molecule has 90 valence electrons. The van der Waals surface area contributed by atoms with Gasteiger partial charge in [-0.1, -0.05) is 20.3 Å². The van der Waals surface area contributed by atoms with Gasteiger partial charge in [0.15, 0.2) is 0 Å². The lowest BCUT2D eigenvalue weighted by atomic mass is 10.2. The predicted molar refractivity (Wildman–Crippen MR) is 68.2 cm³/mol. The number of hydrogen-bond acceptors (Lipinski definition) is 2. The van der Waals surface area contributed by atoms with Gasteiger partial charge in [-0.15, -0.1) is 11.6 Å². The van der Waals surface area contributed by atoms with E-state index in [0.29, 0.717) is 11.8 Å². The van der Waals surface area contributed by atoms with Gasteiger partial charge in [-0.2, -0.15) is 0 Å². The first-order valence-electron chi connectivity index (χ1n) is 5.92. The molecule has 3 heteroatoms. The maximum absolute atomic E-state index is 5.84. The Balaban J connectivity index is 2.78. The van der Waals surface area contributed by atoms with Crippen LogP contribution in [0, 0.1) is 0 Å². The van der Waals surface area contributed by atoms with Crippen LogP contribution in [-0.4, -0.2) is 11.1 Å². The molecule has 0 aliphatic heterocycles. The smallest absolute Gasteiger partial charge is 0.214 e. The summed E-state index contributed by atoms with van der Waals surface area (Å²) < 4.78 is 5.77. The Bertz CT molecular complexity index is 305. The van der Waals surface area contributed by atoms with E-state index in [1.54, 1.807) is 0 Å². The molecule has 0 aliphatic rings. The van der Waals surface area contributed by atoms with Crippen LogP contribution in [0.2, 0.25) is 0 Å². The summed E-state index contributed by atoms with van der Waals surface area (Å²) in [5.74, 6) is 1.21. The third-order valence-corrected chi connectivity index (χ3v) is 2.76. The summed E-state index contributed by atoms with van der Waals surface area (Å²) in [6.45, 7) is 6.31. The second kappa shape index (κ2) is 6.74. The summed E-state index contributed by atoms with van der Waals surface area (Å²) in [6.07, 6.45) is 3.29. The van der Waals surface area contributed by atoms with Crippen molar-refractivity contribution in [2.45, 2.75) is 52.0 Å². The van der Waals surface area contributed by atoms with Crippen molar-refractivity contribution in [3.05, 3.63) is 23.4 Å². The van der Waals surface area contributed by atoms with Gasteiger partial charge in [0, 0.05) is 17.6 Å². The minimum Gasteiger partial charge on any atom is -0.475 e. The Kier molecular flexibility index (Phi) is 5.61. The fourth-order valence-electron chi connectivity index (χ4n) is 1.61. The van der Waals surface area contributed by atoms with E-state index < -0.39 is 0 Å². The average molecular weight is 242 g/mol. The van der Waals surface area contributed by atoms with E-state index >= 15 is 0 Å². The minimum absolute atomic E-state index is 0.216. The third kappa shape index (κ3) is 4.01. The number of alkyl halides is 1. The van der Waals surface area contributed by atoms with Crippen molar-refractivity contribution in [3.8, 4) is 5.88 Å². The van der Waals surface area contributed by atoms with Crippen LogP contribution >= 0.6 is 11.6 Å². The number of aryl methyl sites for hydroxylation is 1. The van der Waals surface area contributed by atoms with Crippen LogP contribution in [0.4, 0.5) is 0 Å². The quantitative estimate of drug-likeness (QED) is 0.704. The van der Waals surface area contributed by atoms with Crippen LogP contribution in [0.5, 0.6) is 5.88 Å². The maximum Gasteiger partial charge on any atom is 0.214 e. The van der Waals surface area contributed by atoms with Gasteiger partial charge >= 0.3 is 0 Å². The van der Waals surface area contributed by atoms with Crippen LogP contribution in [0.15, 0.2) is 12.1 Å². The van der Waals surface area contributed by atoms with Gasteiger partial charge in [-0.3, -0.25) is 0 Å². The topological polar surface area (TPSA) is 22.1 Å². The summed E-state index contributed by atoms with van der Waals surface area (Å²) >= 11 is 5.84. The molecule has 0 bridgehead atoms. The molecule has 0 fully saturated rings. The SMILES string of the molecule is CCCC(C)Oc1cc(CCl)cc(CC)n1. The van der Waals surface area contributed by atoms with Gasteiger partial charge in [-0.25, -0.2) is 4.98 Å². The molecule has 0 spiro atoms. The molecule has 0 aliphatic carbocycles.